The molecule has 2 heteroatoms. The van der Waals surface area contributed by atoms with E-state index in [0.717, 1.165) is 19.3 Å². The lowest BCUT2D eigenvalue weighted by Gasteiger charge is -2.30. The van der Waals surface area contributed by atoms with Crippen LogP contribution in [0.1, 0.15) is 40.0 Å². The fourth-order valence-corrected chi connectivity index (χ4v) is 1.43. The quantitative estimate of drug-likeness (QED) is 0.644. The molecule has 2 N–H and O–H groups in total. The van der Waals surface area contributed by atoms with E-state index in [1.807, 2.05) is 6.92 Å². The van der Waals surface area contributed by atoms with Gasteiger partial charge in [-0.2, -0.15) is 0 Å². The maximum Gasteiger partial charge on any atom is 0.0509 e. The first kappa shape index (κ1) is 11.9. The monoisotopic (exact) mass is 174 g/mol. The maximum absolute atomic E-state index is 9.16. The Labute approximate surface area is 75.6 Å². The van der Waals surface area contributed by atoms with Gasteiger partial charge in [0.05, 0.1) is 13.2 Å². The highest BCUT2D eigenvalue weighted by Crippen LogP contribution is 2.30. The van der Waals surface area contributed by atoms with Crippen molar-refractivity contribution in [3.8, 4) is 0 Å². The molecular weight excluding hydrogens is 152 g/mol. The average Bonchev–Trinajstić information content (AvgIpc) is 2.14. The van der Waals surface area contributed by atoms with Gasteiger partial charge in [0.25, 0.3) is 0 Å². The zero-order valence-electron chi connectivity index (χ0n) is 8.51. The van der Waals surface area contributed by atoms with E-state index in [2.05, 4.69) is 13.8 Å². The molecule has 0 saturated carbocycles. The predicted octanol–water partition coefficient (Wildman–Crippen LogP) is 1.80. The van der Waals surface area contributed by atoms with Crippen LogP contribution in [0.3, 0.4) is 0 Å². The van der Waals surface area contributed by atoms with Crippen LogP contribution in [0.15, 0.2) is 0 Å². The van der Waals surface area contributed by atoms with Crippen molar-refractivity contribution in [1.29, 1.82) is 0 Å². The van der Waals surface area contributed by atoms with E-state index >= 15 is 0 Å². The summed E-state index contributed by atoms with van der Waals surface area (Å²) in [6.07, 6.45) is 2.89. The third kappa shape index (κ3) is 3.11. The molecule has 0 aromatic rings. The zero-order valence-corrected chi connectivity index (χ0v) is 8.51. The topological polar surface area (TPSA) is 40.5 Å². The zero-order chi connectivity index (χ0) is 9.61. The summed E-state index contributed by atoms with van der Waals surface area (Å²) >= 11 is 0. The molecule has 0 aliphatic rings. The molecule has 0 rings (SSSR count). The van der Waals surface area contributed by atoms with Crippen molar-refractivity contribution < 1.29 is 10.2 Å². The van der Waals surface area contributed by atoms with E-state index in [-0.39, 0.29) is 18.6 Å². The van der Waals surface area contributed by atoms with Gasteiger partial charge in [0.15, 0.2) is 0 Å². The Morgan fingerprint density at radius 3 is 1.92 bits per heavy atom. The van der Waals surface area contributed by atoms with Crippen molar-refractivity contribution >= 4 is 0 Å². The van der Waals surface area contributed by atoms with Crippen molar-refractivity contribution in [1.82, 2.24) is 0 Å². The predicted molar refractivity (Wildman–Crippen MR) is 51.0 cm³/mol. The van der Waals surface area contributed by atoms with Crippen LogP contribution in [0.4, 0.5) is 0 Å². The van der Waals surface area contributed by atoms with Crippen LogP contribution in [0.25, 0.3) is 0 Å². The lowest BCUT2D eigenvalue weighted by Crippen LogP contribution is -2.31. The minimum atomic E-state index is -0.241. The molecule has 0 aromatic heterocycles. The van der Waals surface area contributed by atoms with E-state index in [0.29, 0.717) is 5.92 Å². The average molecular weight is 174 g/mol. The highest BCUT2D eigenvalue weighted by Gasteiger charge is 2.27. The molecule has 12 heavy (non-hydrogen) atoms. The van der Waals surface area contributed by atoms with E-state index in [1.165, 1.54) is 0 Å². The summed E-state index contributed by atoms with van der Waals surface area (Å²) in [5.41, 5.74) is -0.241. The summed E-state index contributed by atoms with van der Waals surface area (Å²) < 4.78 is 0. The van der Waals surface area contributed by atoms with Gasteiger partial charge in [-0.15, -0.1) is 0 Å². The summed E-state index contributed by atoms with van der Waals surface area (Å²) in [5, 5.41) is 18.3. The van der Waals surface area contributed by atoms with Crippen molar-refractivity contribution in [2.45, 2.75) is 40.0 Å². The van der Waals surface area contributed by atoms with Gasteiger partial charge in [-0.25, -0.2) is 0 Å². The van der Waals surface area contributed by atoms with Gasteiger partial charge < -0.3 is 10.2 Å². The first-order valence-corrected chi connectivity index (χ1v) is 4.85. The lowest BCUT2D eigenvalue weighted by molar-refractivity contribution is 0.0313. The highest BCUT2D eigenvalue weighted by atomic mass is 16.3. The molecule has 0 aromatic carbocycles. The second kappa shape index (κ2) is 5.55. The first-order chi connectivity index (χ1) is 5.64. The van der Waals surface area contributed by atoms with Crippen molar-refractivity contribution in [3.63, 3.8) is 0 Å². The van der Waals surface area contributed by atoms with Crippen LogP contribution >= 0.6 is 0 Å². The molecule has 0 saturated heterocycles. The molecule has 0 fully saturated rings. The molecule has 0 heterocycles. The number of hydrogen-bond donors (Lipinski definition) is 2. The number of rotatable bonds is 6. The number of aliphatic hydroxyl groups is 2. The number of aliphatic hydroxyl groups excluding tert-OH is 2. The van der Waals surface area contributed by atoms with Gasteiger partial charge >= 0.3 is 0 Å². The molecule has 0 aliphatic heterocycles. The third-order valence-electron chi connectivity index (χ3n) is 2.90. The molecule has 1 atom stereocenters. The van der Waals surface area contributed by atoms with Crippen LogP contribution in [-0.4, -0.2) is 23.4 Å². The maximum atomic E-state index is 9.16. The normalized spacial score (nSPS) is 14.8. The Morgan fingerprint density at radius 2 is 1.67 bits per heavy atom. The largest absolute Gasteiger partial charge is 0.396 e. The Bertz CT molecular complexity index is 100. The third-order valence-corrected chi connectivity index (χ3v) is 2.90. The fourth-order valence-electron chi connectivity index (χ4n) is 1.43. The Hall–Kier alpha value is -0.0800. The van der Waals surface area contributed by atoms with Crippen molar-refractivity contribution in [3.05, 3.63) is 0 Å². The Morgan fingerprint density at radius 1 is 1.17 bits per heavy atom. The summed E-state index contributed by atoms with van der Waals surface area (Å²) in [5.74, 6) is 0.587. The summed E-state index contributed by atoms with van der Waals surface area (Å²) in [4.78, 5) is 0. The molecule has 2 nitrogen and oxygen atoms in total. The van der Waals surface area contributed by atoms with Crippen LogP contribution in [0.5, 0.6) is 0 Å². The summed E-state index contributed by atoms with van der Waals surface area (Å²) in [7, 11) is 0. The van der Waals surface area contributed by atoms with E-state index in [9.17, 15) is 0 Å². The second-order valence-electron chi connectivity index (χ2n) is 3.89. The van der Waals surface area contributed by atoms with Gasteiger partial charge in [-0.3, -0.25) is 0 Å². The SMILES string of the molecule is CCC(C)CC(CC)(CO)CO. The van der Waals surface area contributed by atoms with E-state index < -0.39 is 0 Å². The standard InChI is InChI=1S/C10H22O2/c1-4-9(3)6-10(5-2,7-11)8-12/h9,11-12H,4-8H2,1-3H3. The van der Waals surface area contributed by atoms with E-state index in [1.54, 1.807) is 0 Å². The van der Waals surface area contributed by atoms with Gasteiger partial charge in [0.2, 0.25) is 0 Å². The van der Waals surface area contributed by atoms with Crippen molar-refractivity contribution in [2.75, 3.05) is 13.2 Å². The fraction of sp³-hybridized carbons (Fsp3) is 1.00. The molecule has 0 aliphatic carbocycles. The van der Waals surface area contributed by atoms with Crippen LogP contribution in [0.2, 0.25) is 0 Å². The molecule has 74 valence electrons. The molecule has 1 unspecified atom stereocenters. The smallest absolute Gasteiger partial charge is 0.0509 e. The van der Waals surface area contributed by atoms with Crippen LogP contribution in [0, 0.1) is 11.3 Å². The van der Waals surface area contributed by atoms with Crippen LogP contribution < -0.4 is 0 Å². The lowest BCUT2D eigenvalue weighted by atomic mass is 9.78. The summed E-state index contributed by atoms with van der Waals surface area (Å²) in [6, 6.07) is 0. The number of hydrogen-bond acceptors (Lipinski definition) is 2. The molecule has 0 amide bonds. The Balaban J connectivity index is 4.09. The molecular formula is C10H22O2. The second-order valence-corrected chi connectivity index (χ2v) is 3.89. The minimum absolute atomic E-state index is 0.102. The van der Waals surface area contributed by atoms with Gasteiger partial charge in [-0.1, -0.05) is 27.2 Å². The molecule has 0 radical (unpaired) electrons. The summed E-state index contributed by atoms with van der Waals surface area (Å²) in [6.45, 7) is 6.53. The van der Waals surface area contributed by atoms with Crippen molar-refractivity contribution in [2.24, 2.45) is 11.3 Å². The van der Waals surface area contributed by atoms with Gasteiger partial charge in [0, 0.05) is 5.41 Å². The minimum Gasteiger partial charge on any atom is -0.396 e. The molecule has 0 bridgehead atoms. The van der Waals surface area contributed by atoms with Crippen LogP contribution in [-0.2, 0) is 0 Å². The van der Waals surface area contributed by atoms with Gasteiger partial charge in [-0.05, 0) is 18.8 Å². The van der Waals surface area contributed by atoms with Gasteiger partial charge in [0.1, 0.15) is 0 Å². The highest BCUT2D eigenvalue weighted by molar-refractivity contribution is 4.78. The van der Waals surface area contributed by atoms with E-state index in [4.69, 9.17) is 10.2 Å². The molecule has 0 spiro atoms. The first-order valence-electron chi connectivity index (χ1n) is 4.85. The Kier molecular flexibility index (Phi) is 5.51.